The van der Waals surface area contributed by atoms with E-state index in [9.17, 15) is 0 Å². The highest BCUT2D eigenvalue weighted by atomic mass is 15.2. The lowest BCUT2D eigenvalue weighted by molar-refractivity contribution is 0.150. The summed E-state index contributed by atoms with van der Waals surface area (Å²) in [5.41, 5.74) is 4.01. The van der Waals surface area contributed by atoms with Gasteiger partial charge in [0.2, 0.25) is 0 Å². The molecule has 0 amide bonds. The van der Waals surface area contributed by atoms with Gasteiger partial charge in [0.05, 0.1) is 0 Å². The van der Waals surface area contributed by atoms with Crippen LogP contribution in [0.4, 0.5) is 0 Å². The van der Waals surface area contributed by atoms with E-state index in [1.54, 1.807) is 0 Å². The molecule has 1 atom stereocenters. The summed E-state index contributed by atoms with van der Waals surface area (Å²) in [5.74, 6) is 0.772. The van der Waals surface area contributed by atoms with E-state index in [1.165, 1.54) is 61.9 Å². The van der Waals surface area contributed by atoms with E-state index in [0.717, 1.165) is 5.92 Å². The highest BCUT2D eigenvalue weighted by molar-refractivity contribution is 5.63. The molecule has 24 heavy (non-hydrogen) atoms. The average Bonchev–Trinajstić information content (AvgIpc) is 2.64. The molecule has 1 unspecified atom stereocenters. The molecular formula is C22H30N2. The maximum Gasteiger partial charge on any atom is 0.0348 e. The molecule has 0 bridgehead atoms. The summed E-state index contributed by atoms with van der Waals surface area (Å²) in [6.07, 6.45) is 10.4. The number of hydrogen-bond donors (Lipinski definition) is 0. The van der Waals surface area contributed by atoms with Crippen LogP contribution >= 0.6 is 0 Å². The Balaban J connectivity index is 1.78. The number of benzene rings is 1. The minimum atomic E-state index is 0.583. The maximum absolute atomic E-state index is 4.11. The van der Waals surface area contributed by atoms with Gasteiger partial charge in [0, 0.05) is 18.4 Å². The van der Waals surface area contributed by atoms with Gasteiger partial charge in [-0.15, -0.1) is 0 Å². The minimum Gasteiger partial charge on any atom is -0.296 e. The van der Waals surface area contributed by atoms with Crippen LogP contribution in [0.25, 0.3) is 11.1 Å². The van der Waals surface area contributed by atoms with Crippen LogP contribution in [0.3, 0.4) is 0 Å². The first kappa shape index (κ1) is 17.2. The van der Waals surface area contributed by atoms with Crippen LogP contribution in [-0.2, 0) is 0 Å². The molecule has 1 saturated heterocycles. The fourth-order valence-electron chi connectivity index (χ4n) is 3.72. The number of hydrogen-bond acceptors (Lipinski definition) is 2. The quantitative estimate of drug-likeness (QED) is 0.677. The molecule has 2 nitrogen and oxygen atoms in total. The number of rotatable bonds is 6. The van der Waals surface area contributed by atoms with Crippen molar-refractivity contribution >= 4 is 0 Å². The smallest absolute Gasteiger partial charge is 0.0348 e. The van der Waals surface area contributed by atoms with Gasteiger partial charge >= 0.3 is 0 Å². The van der Waals surface area contributed by atoms with E-state index in [1.807, 2.05) is 12.4 Å². The standard InChI is InChI=1S/C22H30N2/c1-18(2)6-11-22(24-16-4-3-5-17-24)21-9-7-19(8-10-21)20-12-14-23-15-13-20/h7-10,12-15,18,22H,3-6,11,16-17H2,1-2H3. The molecule has 1 aromatic heterocycles. The van der Waals surface area contributed by atoms with Crippen LogP contribution in [0.15, 0.2) is 48.8 Å². The summed E-state index contributed by atoms with van der Waals surface area (Å²) in [6.45, 7) is 7.18. The van der Waals surface area contributed by atoms with Crippen LogP contribution < -0.4 is 0 Å². The molecule has 2 aromatic rings. The number of likely N-dealkylation sites (tertiary alicyclic amines) is 1. The van der Waals surface area contributed by atoms with E-state index in [0.29, 0.717) is 6.04 Å². The van der Waals surface area contributed by atoms with Crippen molar-refractivity contribution in [2.75, 3.05) is 13.1 Å². The lowest BCUT2D eigenvalue weighted by Gasteiger charge is -2.35. The molecular weight excluding hydrogens is 292 g/mol. The zero-order valence-electron chi connectivity index (χ0n) is 15.1. The van der Waals surface area contributed by atoms with Crippen LogP contribution in [0.5, 0.6) is 0 Å². The number of piperidine rings is 1. The summed E-state index contributed by atoms with van der Waals surface area (Å²) in [6, 6.07) is 14.0. The fourth-order valence-corrected chi connectivity index (χ4v) is 3.72. The van der Waals surface area contributed by atoms with Crippen LogP contribution in [0.1, 0.15) is 57.6 Å². The molecule has 1 aliphatic rings. The fraction of sp³-hybridized carbons (Fsp3) is 0.500. The van der Waals surface area contributed by atoms with E-state index < -0.39 is 0 Å². The summed E-state index contributed by atoms with van der Waals surface area (Å²) in [5, 5.41) is 0. The van der Waals surface area contributed by atoms with Gasteiger partial charge in [-0.2, -0.15) is 0 Å². The summed E-state index contributed by atoms with van der Waals surface area (Å²) in [4.78, 5) is 6.83. The Kier molecular flexibility index (Phi) is 6.03. The third kappa shape index (κ3) is 4.45. The van der Waals surface area contributed by atoms with Crippen LogP contribution in [-0.4, -0.2) is 23.0 Å². The minimum absolute atomic E-state index is 0.583. The van der Waals surface area contributed by atoms with Crippen molar-refractivity contribution in [1.29, 1.82) is 0 Å². The molecule has 2 heterocycles. The van der Waals surface area contributed by atoms with Crippen molar-refractivity contribution in [3.8, 4) is 11.1 Å². The third-order valence-corrected chi connectivity index (χ3v) is 5.16. The van der Waals surface area contributed by atoms with Gasteiger partial charge in [0.25, 0.3) is 0 Å². The van der Waals surface area contributed by atoms with Gasteiger partial charge < -0.3 is 0 Å². The van der Waals surface area contributed by atoms with Gasteiger partial charge in [0.1, 0.15) is 0 Å². The Labute approximate surface area is 146 Å². The van der Waals surface area contributed by atoms with Crippen molar-refractivity contribution in [3.05, 3.63) is 54.4 Å². The summed E-state index contributed by atoms with van der Waals surface area (Å²) < 4.78 is 0. The highest BCUT2D eigenvalue weighted by Crippen LogP contribution is 2.31. The Morgan fingerprint density at radius 1 is 0.833 bits per heavy atom. The van der Waals surface area contributed by atoms with Crippen molar-refractivity contribution in [1.82, 2.24) is 9.88 Å². The third-order valence-electron chi connectivity index (χ3n) is 5.16. The van der Waals surface area contributed by atoms with Crippen molar-refractivity contribution < 1.29 is 0 Å². The summed E-state index contributed by atoms with van der Waals surface area (Å²) in [7, 11) is 0. The molecule has 128 valence electrons. The molecule has 1 fully saturated rings. The molecule has 1 aromatic carbocycles. The van der Waals surface area contributed by atoms with Crippen molar-refractivity contribution in [3.63, 3.8) is 0 Å². The Hall–Kier alpha value is -1.67. The predicted molar refractivity (Wildman–Crippen MR) is 102 cm³/mol. The number of aromatic nitrogens is 1. The van der Waals surface area contributed by atoms with E-state index in [-0.39, 0.29) is 0 Å². The van der Waals surface area contributed by atoms with Crippen LogP contribution in [0, 0.1) is 5.92 Å². The first-order valence-electron chi connectivity index (χ1n) is 9.48. The van der Waals surface area contributed by atoms with Gasteiger partial charge in [-0.1, -0.05) is 44.5 Å². The van der Waals surface area contributed by atoms with Gasteiger partial charge in [-0.3, -0.25) is 9.88 Å². The monoisotopic (exact) mass is 322 g/mol. The SMILES string of the molecule is CC(C)CCC(c1ccc(-c2ccncc2)cc1)N1CCCCC1. The molecule has 0 spiro atoms. The first-order chi connectivity index (χ1) is 11.7. The first-order valence-corrected chi connectivity index (χ1v) is 9.48. The molecule has 1 aliphatic heterocycles. The normalized spacial score (nSPS) is 17.1. The Bertz CT molecular complexity index is 598. The molecule has 0 aliphatic carbocycles. The lowest BCUT2D eigenvalue weighted by atomic mass is 9.93. The molecule has 0 N–H and O–H groups in total. The molecule has 3 rings (SSSR count). The highest BCUT2D eigenvalue weighted by Gasteiger charge is 2.22. The van der Waals surface area contributed by atoms with E-state index in [2.05, 4.69) is 60.1 Å². The summed E-state index contributed by atoms with van der Waals surface area (Å²) >= 11 is 0. The zero-order valence-corrected chi connectivity index (χ0v) is 15.1. The molecule has 2 heteroatoms. The molecule has 0 radical (unpaired) electrons. The Morgan fingerprint density at radius 3 is 2.08 bits per heavy atom. The lowest BCUT2D eigenvalue weighted by Crippen LogP contribution is -2.34. The van der Waals surface area contributed by atoms with Gasteiger partial charge in [-0.25, -0.2) is 0 Å². The largest absolute Gasteiger partial charge is 0.296 e. The van der Waals surface area contributed by atoms with E-state index in [4.69, 9.17) is 0 Å². The maximum atomic E-state index is 4.11. The second-order valence-corrected chi connectivity index (χ2v) is 7.44. The van der Waals surface area contributed by atoms with Crippen LogP contribution in [0.2, 0.25) is 0 Å². The van der Waals surface area contributed by atoms with Gasteiger partial charge in [0.15, 0.2) is 0 Å². The number of nitrogens with zero attached hydrogens (tertiary/aromatic N) is 2. The van der Waals surface area contributed by atoms with Crippen molar-refractivity contribution in [2.24, 2.45) is 5.92 Å². The second kappa shape index (κ2) is 8.43. The predicted octanol–water partition coefficient (Wildman–Crippen LogP) is 5.71. The molecule has 0 saturated carbocycles. The van der Waals surface area contributed by atoms with Gasteiger partial charge in [-0.05, 0) is 73.5 Å². The average molecular weight is 322 g/mol. The number of pyridine rings is 1. The topological polar surface area (TPSA) is 16.1 Å². The second-order valence-electron chi connectivity index (χ2n) is 7.44. The van der Waals surface area contributed by atoms with Crippen molar-refractivity contribution in [2.45, 2.75) is 52.0 Å². The Morgan fingerprint density at radius 2 is 1.46 bits per heavy atom. The van der Waals surface area contributed by atoms with E-state index >= 15 is 0 Å². The zero-order chi connectivity index (χ0) is 16.8.